The third kappa shape index (κ3) is 6.62. The zero-order valence-electron chi connectivity index (χ0n) is 18.8. The Balaban J connectivity index is 0.00000408. The molecule has 1 aliphatic heterocycles. The van der Waals surface area contributed by atoms with Crippen LogP contribution in [0.4, 0.5) is 23.1 Å². The minimum absolute atomic E-state index is 0. The maximum absolute atomic E-state index is 12.3. The van der Waals surface area contributed by atoms with Gasteiger partial charge in [-0.2, -0.15) is 4.98 Å². The van der Waals surface area contributed by atoms with E-state index >= 15 is 0 Å². The summed E-state index contributed by atoms with van der Waals surface area (Å²) in [5, 5.41) is 28.3. The number of nitrogen functional groups attached to an aromatic ring is 1. The Labute approximate surface area is 216 Å². The molecule has 0 saturated heterocycles. The van der Waals surface area contributed by atoms with E-state index in [2.05, 4.69) is 25.9 Å². The molecule has 0 saturated carbocycles. The zero-order valence-corrected chi connectivity index (χ0v) is 20.8. The van der Waals surface area contributed by atoms with Crippen molar-refractivity contribution in [2.24, 2.45) is 0 Å². The third-order valence-corrected chi connectivity index (χ3v) is 5.25. The van der Waals surface area contributed by atoms with Gasteiger partial charge in [0.05, 0.1) is 6.04 Å². The maximum Gasteiger partial charge on any atom is 1.00 e. The van der Waals surface area contributed by atoms with Crippen molar-refractivity contribution in [1.82, 2.24) is 15.3 Å². The normalized spacial score (nSPS) is 15.2. The second kappa shape index (κ2) is 11.7. The SMILES string of the molecule is CN1c2c(nc(N)[nH]c2=O)NCC1CNc1ccc(C(=O)N[C@@H](CCC(=O)[O-])C(=O)O)cc1.[Na+]. The molecule has 13 nitrogen and oxygen atoms in total. The van der Waals surface area contributed by atoms with Gasteiger partial charge in [0.15, 0.2) is 5.82 Å². The van der Waals surface area contributed by atoms with Crippen molar-refractivity contribution < 1.29 is 54.2 Å². The standard InChI is InChI=1S/C20H25N7O6.Na/c1-27-12(9-23-16-15(27)18(31)26-20(21)25-16)8-22-11-4-2-10(3-5-11)17(30)24-13(19(32)33)6-7-14(28)29;/h2-5,12-13,22H,6-9H2,1H3,(H,24,30)(H,28,29)(H,32,33)(H4,21,23,25,26,31);/q;+1/p-1/t12?,13-;/m0./s1. The summed E-state index contributed by atoms with van der Waals surface area (Å²) in [7, 11) is 1.78. The number of nitrogens with two attached hydrogens (primary N) is 1. The molecular weight excluding hydrogens is 457 g/mol. The van der Waals surface area contributed by atoms with Crippen LogP contribution in [0.2, 0.25) is 0 Å². The number of nitrogens with one attached hydrogen (secondary N) is 4. The topological polar surface area (TPSA) is 206 Å². The number of benzene rings is 1. The Morgan fingerprint density at radius 1 is 1.32 bits per heavy atom. The Hall–Kier alpha value is -3.29. The molecule has 1 aromatic carbocycles. The Kier molecular flexibility index (Phi) is 9.29. The van der Waals surface area contributed by atoms with Crippen LogP contribution in [0.25, 0.3) is 0 Å². The van der Waals surface area contributed by atoms with Crippen LogP contribution in [0.3, 0.4) is 0 Å². The molecule has 7 N–H and O–H groups in total. The number of aromatic amines is 1. The van der Waals surface area contributed by atoms with Gasteiger partial charge in [0.1, 0.15) is 11.7 Å². The summed E-state index contributed by atoms with van der Waals surface area (Å²) in [5.74, 6) is -2.89. The molecule has 3 rings (SSSR count). The minimum Gasteiger partial charge on any atom is -0.550 e. The van der Waals surface area contributed by atoms with Crippen molar-refractivity contribution in [2.75, 3.05) is 41.4 Å². The number of hydrogen-bond donors (Lipinski definition) is 6. The van der Waals surface area contributed by atoms with Crippen molar-refractivity contribution in [3.8, 4) is 0 Å². The van der Waals surface area contributed by atoms with E-state index in [4.69, 9.17) is 10.8 Å². The number of carbonyl (C=O) groups excluding carboxylic acids is 2. The first-order valence-corrected chi connectivity index (χ1v) is 10.1. The minimum atomic E-state index is -1.39. The summed E-state index contributed by atoms with van der Waals surface area (Å²) in [6, 6.07) is 4.94. The van der Waals surface area contributed by atoms with Gasteiger partial charge >= 0.3 is 35.5 Å². The molecule has 0 aliphatic carbocycles. The number of carboxylic acid groups (broad SMARTS) is 2. The fourth-order valence-electron chi connectivity index (χ4n) is 3.41. The van der Waals surface area contributed by atoms with Gasteiger partial charge in [0.25, 0.3) is 11.5 Å². The van der Waals surface area contributed by atoms with Gasteiger partial charge in [-0.15, -0.1) is 0 Å². The molecular formula is C20H24N7NaO6. The van der Waals surface area contributed by atoms with E-state index in [9.17, 15) is 24.3 Å². The number of aliphatic carboxylic acids is 2. The third-order valence-electron chi connectivity index (χ3n) is 5.25. The first-order valence-electron chi connectivity index (χ1n) is 10.1. The molecule has 176 valence electrons. The van der Waals surface area contributed by atoms with Crippen LogP contribution in [0.1, 0.15) is 23.2 Å². The van der Waals surface area contributed by atoms with Gasteiger partial charge in [-0.05, 0) is 37.1 Å². The average Bonchev–Trinajstić information content (AvgIpc) is 2.75. The predicted octanol–water partition coefficient (Wildman–Crippen LogP) is -4.59. The molecule has 0 radical (unpaired) electrons. The van der Waals surface area contributed by atoms with E-state index in [1.54, 1.807) is 19.2 Å². The van der Waals surface area contributed by atoms with E-state index < -0.39 is 30.3 Å². The number of rotatable bonds is 9. The van der Waals surface area contributed by atoms with Crippen molar-refractivity contribution in [3.05, 3.63) is 40.2 Å². The fourth-order valence-corrected chi connectivity index (χ4v) is 3.41. The Morgan fingerprint density at radius 2 is 2.00 bits per heavy atom. The number of H-pyrrole nitrogens is 1. The molecule has 2 atom stereocenters. The molecule has 2 aromatic rings. The molecule has 0 fully saturated rings. The van der Waals surface area contributed by atoms with Gasteiger partial charge in [-0.1, -0.05) is 0 Å². The number of amides is 1. The van der Waals surface area contributed by atoms with E-state index in [1.165, 1.54) is 12.1 Å². The van der Waals surface area contributed by atoms with Crippen LogP contribution in [-0.2, 0) is 9.59 Å². The monoisotopic (exact) mass is 481 g/mol. The summed E-state index contributed by atoms with van der Waals surface area (Å²) in [4.78, 5) is 54.7. The number of likely N-dealkylation sites (N-methyl/N-ethyl adjacent to an activating group) is 1. The largest absolute Gasteiger partial charge is 1.00 e. The zero-order chi connectivity index (χ0) is 24.1. The quantitative estimate of drug-likeness (QED) is 0.188. The molecule has 1 amide bonds. The van der Waals surface area contributed by atoms with Crippen LogP contribution in [0.15, 0.2) is 29.1 Å². The Bertz CT molecular complexity index is 1110. The van der Waals surface area contributed by atoms with Crippen molar-refractivity contribution in [3.63, 3.8) is 0 Å². The van der Waals surface area contributed by atoms with Crippen molar-refractivity contribution >= 4 is 41.0 Å². The number of carbonyl (C=O) groups is 3. The molecule has 14 heteroatoms. The first kappa shape index (κ1) is 27.0. The van der Waals surface area contributed by atoms with Crippen LogP contribution >= 0.6 is 0 Å². The first-order chi connectivity index (χ1) is 15.7. The average molecular weight is 481 g/mol. The molecule has 1 unspecified atom stereocenters. The van der Waals surface area contributed by atoms with Gasteiger partial charge in [0.2, 0.25) is 5.95 Å². The number of fused-ring (bicyclic) bond motifs is 1. The van der Waals surface area contributed by atoms with E-state index in [0.717, 1.165) is 0 Å². The number of nitrogens with zero attached hydrogens (tertiary/aromatic N) is 2. The van der Waals surface area contributed by atoms with Crippen LogP contribution < -0.4 is 66.8 Å². The fraction of sp³-hybridized carbons (Fsp3) is 0.350. The van der Waals surface area contributed by atoms with Crippen molar-refractivity contribution in [2.45, 2.75) is 24.9 Å². The van der Waals surface area contributed by atoms with E-state index in [1.807, 2.05) is 4.90 Å². The second-order valence-electron chi connectivity index (χ2n) is 7.53. The Morgan fingerprint density at radius 3 is 2.62 bits per heavy atom. The van der Waals surface area contributed by atoms with Crippen LogP contribution in [0.5, 0.6) is 0 Å². The molecule has 1 aliphatic rings. The van der Waals surface area contributed by atoms with Gasteiger partial charge in [0, 0.05) is 37.4 Å². The summed E-state index contributed by atoms with van der Waals surface area (Å²) in [5.41, 5.74) is 6.56. The van der Waals surface area contributed by atoms with E-state index in [0.29, 0.717) is 30.3 Å². The molecule has 0 spiro atoms. The maximum atomic E-state index is 12.3. The summed E-state index contributed by atoms with van der Waals surface area (Å²) >= 11 is 0. The van der Waals surface area contributed by atoms with Gasteiger partial charge in [-0.25, -0.2) is 4.79 Å². The molecule has 2 heterocycles. The summed E-state index contributed by atoms with van der Waals surface area (Å²) in [6.45, 7) is 0.998. The van der Waals surface area contributed by atoms with Gasteiger partial charge < -0.3 is 41.6 Å². The molecule has 1 aromatic heterocycles. The van der Waals surface area contributed by atoms with Crippen LogP contribution in [-0.4, -0.2) is 65.1 Å². The van der Waals surface area contributed by atoms with Crippen LogP contribution in [0, 0.1) is 0 Å². The van der Waals surface area contributed by atoms with E-state index in [-0.39, 0.29) is 59.1 Å². The molecule has 34 heavy (non-hydrogen) atoms. The number of aromatic nitrogens is 2. The summed E-state index contributed by atoms with van der Waals surface area (Å²) in [6.07, 6.45) is -0.759. The number of anilines is 4. The predicted molar refractivity (Wildman–Crippen MR) is 118 cm³/mol. The van der Waals surface area contributed by atoms with Gasteiger partial charge in [-0.3, -0.25) is 14.6 Å². The molecule has 0 bridgehead atoms. The van der Waals surface area contributed by atoms with Crippen molar-refractivity contribution in [1.29, 1.82) is 0 Å². The number of hydrogen-bond acceptors (Lipinski definition) is 10. The summed E-state index contributed by atoms with van der Waals surface area (Å²) < 4.78 is 0. The smallest absolute Gasteiger partial charge is 0.550 e. The number of carboxylic acids is 2. The second-order valence-corrected chi connectivity index (χ2v) is 7.53.